The van der Waals surface area contributed by atoms with E-state index in [2.05, 4.69) is 24.0 Å². The number of aryl methyl sites for hydroxylation is 1. The van der Waals surface area contributed by atoms with Crippen LogP contribution in [0.3, 0.4) is 0 Å². The molecule has 3 nitrogen and oxygen atoms in total. The molecule has 2 rings (SSSR count). The van der Waals surface area contributed by atoms with E-state index >= 15 is 0 Å². The molecule has 0 amide bonds. The number of hydrogen-bond acceptors (Lipinski definition) is 3. The minimum Gasteiger partial charge on any atom is -0.497 e. The Balaban J connectivity index is 1.85. The number of likely N-dealkylation sites (tertiary alicyclic amines) is 1. The molecule has 2 atom stereocenters. The second-order valence-electron chi connectivity index (χ2n) is 5.86. The highest BCUT2D eigenvalue weighted by Gasteiger charge is 2.24. The van der Waals surface area contributed by atoms with Gasteiger partial charge in [0.25, 0.3) is 0 Å². The van der Waals surface area contributed by atoms with Crippen LogP contribution in [0.1, 0.15) is 38.2 Å². The van der Waals surface area contributed by atoms with Crippen LogP contribution in [0.5, 0.6) is 5.75 Å². The topological polar surface area (TPSA) is 38.5 Å². The number of hydrogen-bond donors (Lipinski definition) is 1. The highest BCUT2D eigenvalue weighted by atomic mass is 16.5. The lowest BCUT2D eigenvalue weighted by atomic mass is 9.97. The number of nitrogens with zero attached hydrogens (tertiary/aromatic N) is 1. The van der Waals surface area contributed by atoms with Crippen LogP contribution in [-0.4, -0.2) is 37.2 Å². The average molecular weight is 276 g/mol. The van der Waals surface area contributed by atoms with Crippen LogP contribution in [0.4, 0.5) is 0 Å². The summed E-state index contributed by atoms with van der Waals surface area (Å²) in [4.78, 5) is 2.62. The largest absolute Gasteiger partial charge is 0.497 e. The fraction of sp³-hybridized carbons (Fsp3) is 0.647. The fourth-order valence-corrected chi connectivity index (χ4v) is 3.19. The molecular weight excluding hydrogens is 248 g/mol. The SMILES string of the molecule is COc1ccc(CCC(C)N2CCCCC2CN)cc1. The molecule has 1 fully saturated rings. The predicted octanol–water partition coefficient (Wildman–Crippen LogP) is 2.83. The number of methoxy groups -OCH3 is 1. The Morgan fingerprint density at radius 1 is 1.30 bits per heavy atom. The van der Waals surface area contributed by atoms with E-state index in [0.29, 0.717) is 12.1 Å². The Bertz CT molecular complexity index is 390. The van der Waals surface area contributed by atoms with Crippen molar-refractivity contribution in [3.8, 4) is 5.75 Å². The van der Waals surface area contributed by atoms with Crippen molar-refractivity contribution < 1.29 is 4.74 Å². The van der Waals surface area contributed by atoms with E-state index < -0.39 is 0 Å². The molecule has 2 N–H and O–H groups in total. The van der Waals surface area contributed by atoms with E-state index in [1.54, 1.807) is 7.11 Å². The summed E-state index contributed by atoms with van der Waals surface area (Å²) in [5.41, 5.74) is 7.30. The summed E-state index contributed by atoms with van der Waals surface area (Å²) in [7, 11) is 1.71. The summed E-state index contributed by atoms with van der Waals surface area (Å²) < 4.78 is 5.20. The Kier molecular flexibility index (Phi) is 5.86. The fourth-order valence-electron chi connectivity index (χ4n) is 3.19. The first kappa shape index (κ1) is 15.3. The monoisotopic (exact) mass is 276 g/mol. The second-order valence-corrected chi connectivity index (χ2v) is 5.86. The molecule has 1 aliphatic heterocycles. The lowest BCUT2D eigenvalue weighted by molar-refractivity contribution is 0.103. The summed E-state index contributed by atoms with van der Waals surface area (Å²) in [6, 6.07) is 9.64. The van der Waals surface area contributed by atoms with Crippen molar-refractivity contribution in [2.45, 2.75) is 51.1 Å². The van der Waals surface area contributed by atoms with Gasteiger partial charge in [0, 0.05) is 18.6 Å². The van der Waals surface area contributed by atoms with Crippen LogP contribution < -0.4 is 10.5 Å². The van der Waals surface area contributed by atoms with E-state index in [9.17, 15) is 0 Å². The molecule has 0 saturated carbocycles. The molecule has 0 radical (unpaired) electrons. The molecule has 1 aromatic carbocycles. The van der Waals surface area contributed by atoms with Crippen molar-refractivity contribution in [2.75, 3.05) is 20.2 Å². The minimum absolute atomic E-state index is 0.592. The van der Waals surface area contributed by atoms with Crippen LogP contribution in [0.25, 0.3) is 0 Å². The summed E-state index contributed by atoms with van der Waals surface area (Å²) in [5.74, 6) is 0.932. The highest BCUT2D eigenvalue weighted by molar-refractivity contribution is 5.27. The van der Waals surface area contributed by atoms with Crippen molar-refractivity contribution >= 4 is 0 Å². The molecule has 20 heavy (non-hydrogen) atoms. The maximum atomic E-state index is 5.92. The van der Waals surface area contributed by atoms with Crippen molar-refractivity contribution in [3.63, 3.8) is 0 Å². The van der Waals surface area contributed by atoms with E-state index in [4.69, 9.17) is 10.5 Å². The van der Waals surface area contributed by atoms with Gasteiger partial charge in [-0.3, -0.25) is 4.90 Å². The van der Waals surface area contributed by atoms with Gasteiger partial charge in [-0.15, -0.1) is 0 Å². The molecule has 0 spiro atoms. The molecule has 1 heterocycles. The van der Waals surface area contributed by atoms with Crippen LogP contribution >= 0.6 is 0 Å². The minimum atomic E-state index is 0.592. The maximum absolute atomic E-state index is 5.92. The molecule has 0 aromatic heterocycles. The Labute approximate surface area is 123 Å². The van der Waals surface area contributed by atoms with Gasteiger partial charge < -0.3 is 10.5 Å². The Morgan fingerprint density at radius 3 is 2.70 bits per heavy atom. The molecule has 2 unspecified atom stereocenters. The highest BCUT2D eigenvalue weighted by Crippen LogP contribution is 2.21. The van der Waals surface area contributed by atoms with Crippen LogP contribution in [0, 0.1) is 0 Å². The summed E-state index contributed by atoms with van der Waals surface area (Å²) in [6.45, 7) is 4.36. The number of ether oxygens (including phenoxy) is 1. The van der Waals surface area contributed by atoms with E-state index in [-0.39, 0.29) is 0 Å². The Hall–Kier alpha value is -1.06. The third-order valence-electron chi connectivity index (χ3n) is 4.52. The predicted molar refractivity (Wildman–Crippen MR) is 84.2 cm³/mol. The number of piperidine rings is 1. The molecule has 0 aliphatic carbocycles. The summed E-state index contributed by atoms with van der Waals surface area (Å²) in [5, 5.41) is 0. The summed E-state index contributed by atoms with van der Waals surface area (Å²) in [6.07, 6.45) is 6.25. The van der Waals surface area contributed by atoms with Gasteiger partial charge >= 0.3 is 0 Å². The lowest BCUT2D eigenvalue weighted by Gasteiger charge is -2.39. The second kappa shape index (κ2) is 7.65. The number of rotatable bonds is 6. The van der Waals surface area contributed by atoms with Crippen LogP contribution in [0.15, 0.2) is 24.3 Å². The molecule has 0 bridgehead atoms. The van der Waals surface area contributed by atoms with Gasteiger partial charge in [0.15, 0.2) is 0 Å². The molecule has 3 heteroatoms. The normalized spacial score (nSPS) is 21.6. The first-order chi connectivity index (χ1) is 9.74. The van der Waals surface area contributed by atoms with E-state index in [1.807, 2.05) is 12.1 Å². The van der Waals surface area contributed by atoms with Gasteiger partial charge in [0.1, 0.15) is 5.75 Å². The zero-order valence-electron chi connectivity index (χ0n) is 12.8. The van der Waals surface area contributed by atoms with Gasteiger partial charge in [-0.2, -0.15) is 0 Å². The molecule has 1 aliphatic rings. The van der Waals surface area contributed by atoms with Crippen molar-refractivity contribution in [3.05, 3.63) is 29.8 Å². The number of nitrogens with two attached hydrogens (primary N) is 1. The molecule has 1 saturated heterocycles. The van der Waals surface area contributed by atoms with E-state index in [1.165, 1.54) is 37.8 Å². The van der Waals surface area contributed by atoms with Crippen molar-refractivity contribution in [1.82, 2.24) is 4.90 Å². The third-order valence-corrected chi connectivity index (χ3v) is 4.52. The molecule has 1 aromatic rings. The zero-order valence-corrected chi connectivity index (χ0v) is 12.8. The van der Waals surface area contributed by atoms with Gasteiger partial charge in [-0.1, -0.05) is 18.6 Å². The van der Waals surface area contributed by atoms with E-state index in [0.717, 1.165) is 18.7 Å². The maximum Gasteiger partial charge on any atom is 0.118 e. The van der Waals surface area contributed by atoms with Gasteiger partial charge in [0.05, 0.1) is 7.11 Å². The van der Waals surface area contributed by atoms with Crippen molar-refractivity contribution in [1.29, 1.82) is 0 Å². The smallest absolute Gasteiger partial charge is 0.118 e. The first-order valence-electron chi connectivity index (χ1n) is 7.83. The van der Waals surface area contributed by atoms with Gasteiger partial charge in [-0.25, -0.2) is 0 Å². The van der Waals surface area contributed by atoms with Gasteiger partial charge in [0.2, 0.25) is 0 Å². The summed E-state index contributed by atoms with van der Waals surface area (Å²) >= 11 is 0. The van der Waals surface area contributed by atoms with Crippen molar-refractivity contribution in [2.24, 2.45) is 5.73 Å². The first-order valence-corrected chi connectivity index (χ1v) is 7.83. The van der Waals surface area contributed by atoms with Crippen LogP contribution in [-0.2, 0) is 6.42 Å². The van der Waals surface area contributed by atoms with Gasteiger partial charge in [-0.05, 0) is 56.8 Å². The third kappa shape index (κ3) is 3.97. The number of benzene rings is 1. The zero-order chi connectivity index (χ0) is 14.4. The lowest BCUT2D eigenvalue weighted by Crippen LogP contribution is -2.48. The molecule has 112 valence electrons. The quantitative estimate of drug-likeness (QED) is 0.868. The van der Waals surface area contributed by atoms with Crippen LogP contribution in [0.2, 0.25) is 0 Å². The molecular formula is C17H28N2O. The Morgan fingerprint density at radius 2 is 2.05 bits per heavy atom. The average Bonchev–Trinajstić information content (AvgIpc) is 2.53. The standard InChI is InChI=1S/C17H28N2O/c1-14(19-12-4-3-5-16(19)13-18)6-7-15-8-10-17(20-2)11-9-15/h8-11,14,16H,3-7,12-13,18H2,1-2H3.